The zero-order valence-corrected chi connectivity index (χ0v) is 10.7. The Labute approximate surface area is 111 Å². The molecule has 0 fully saturated rings. The number of alkyl halides is 1. The van der Waals surface area contributed by atoms with Gasteiger partial charge in [0, 0.05) is 24.6 Å². The first kappa shape index (κ1) is 12.9. The summed E-state index contributed by atoms with van der Waals surface area (Å²) in [7, 11) is 0. The van der Waals surface area contributed by atoms with E-state index in [9.17, 15) is 5.11 Å². The van der Waals surface area contributed by atoms with Crippen LogP contribution in [0.3, 0.4) is 0 Å². The molecule has 1 atom stereocenters. The first-order valence-corrected chi connectivity index (χ1v) is 6.36. The average Bonchev–Trinajstić information content (AvgIpc) is 2.90. The van der Waals surface area contributed by atoms with Crippen LogP contribution in [0.2, 0.25) is 0 Å². The van der Waals surface area contributed by atoms with Crippen LogP contribution in [-0.4, -0.2) is 33.4 Å². The summed E-state index contributed by atoms with van der Waals surface area (Å²) in [5.74, 6) is 0.230. The van der Waals surface area contributed by atoms with Gasteiger partial charge in [-0.1, -0.05) is 18.2 Å². The number of para-hydroxylation sites is 1. The van der Waals surface area contributed by atoms with Crippen LogP contribution in [0.5, 0.6) is 0 Å². The van der Waals surface area contributed by atoms with E-state index in [1.54, 1.807) is 6.20 Å². The molecule has 0 saturated carbocycles. The molecule has 96 valence electrons. The lowest BCUT2D eigenvalue weighted by atomic mass is 10.1. The van der Waals surface area contributed by atoms with Crippen LogP contribution in [0.4, 0.5) is 5.69 Å². The molecule has 1 aromatic carbocycles. The quantitative estimate of drug-likeness (QED) is 0.785. The van der Waals surface area contributed by atoms with Gasteiger partial charge in [-0.05, 0) is 17.7 Å². The zero-order valence-electron chi connectivity index (χ0n) is 9.96. The van der Waals surface area contributed by atoms with E-state index in [-0.39, 0.29) is 5.88 Å². The molecule has 0 aliphatic heterocycles. The monoisotopic (exact) mass is 265 g/mol. The molecule has 0 radical (unpaired) electrons. The number of nitrogens with zero attached hydrogens (tertiary/aromatic N) is 2. The number of nitrogens with one attached hydrogen (secondary N) is 1. The molecule has 0 bridgehead atoms. The summed E-state index contributed by atoms with van der Waals surface area (Å²) in [6, 6.07) is 9.87. The fraction of sp³-hybridized carbons (Fsp3) is 0.308. The maximum absolute atomic E-state index is 9.45. The second-order valence-electron chi connectivity index (χ2n) is 4.05. The molecule has 4 nitrogen and oxygen atoms in total. The fourth-order valence-corrected chi connectivity index (χ4v) is 1.79. The first-order valence-electron chi connectivity index (χ1n) is 5.83. The number of hydrogen-bond donors (Lipinski definition) is 2. The van der Waals surface area contributed by atoms with Crippen molar-refractivity contribution in [2.24, 2.45) is 0 Å². The Morgan fingerprint density at radius 2 is 2.17 bits per heavy atom. The van der Waals surface area contributed by atoms with E-state index >= 15 is 0 Å². The maximum atomic E-state index is 9.45. The molecule has 0 aliphatic carbocycles. The van der Waals surface area contributed by atoms with Crippen molar-refractivity contribution in [2.45, 2.75) is 12.6 Å². The molecule has 2 rings (SSSR count). The minimum atomic E-state index is -0.538. The molecule has 0 amide bonds. The molecule has 0 spiro atoms. The van der Waals surface area contributed by atoms with Crippen LogP contribution >= 0.6 is 11.6 Å². The summed E-state index contributed by atoms with van der Waals surface area (Å²) in [6.07, 6.45) is 3.14. The van der Waals surface area contributed by atoms with E-state index in [0.717, 1.165) is 11.3 Å². The molecular weight excluding hydrogens is 250 g/mol. The van der Waals surface area contributed by atoms with Crippen LogP contribution in [0.25, 0.3) is 0 Å². The van der Waals surface area contributed by atoms with E-state index in [1.807, 2.05) is 41.2 Å². The normalized spacial score (nSPS) is 12.3. The minimum absolute atomic E-state index is 0.230. The van der Waals surface area contributed by atoms with Crippen molar-refractivity contribution in [1.82, 2.24) is 9.78 Å². The van der Waals surface area contributed by atoms with E-state index in [1.165, 1.54) is 0 Å². The van der Waals surface area contributed by atoms with Gasteiger partial charge in [-0.3, -0.25) is 4.68 Å². The Morgan fingerprint density at radius 3 is 2.89 bits per heavy atom. The van der Waals surface area contributed by atoms with Crippen molar-refractivity contribution >= 4 is 17.3 Å². The Bertz CT molecular complexity index is 473. The van der Waals surface area contributed by atoms with Crippen LogP contribution < -0.4 is 5.32 Å². The number of anilines is 1. The number of rotatable bonds is 6. The van der Waals surface area contributed by atoms with Crippen molar-refractivity contribution in [3.05, 3.63) is 48.3 Å². The number of benzene rings is 1. The van der Waals surface area contributed by atoms with Gasteiger partial charge in [-0.25, -0.2) is 0 Å². The first-order chi connectivity index (χ1) is 8.79. The van der Waals surface area contributed by atoms with Gasteiger partial charge in [0.25, 0.3) is 0 Å². The van der Waals surface area contributed by atoms with Gasteiger partial charge in [0.2, 0.25) is 0 Å². The molecule has 1 aromatic heterocycles. The lowest BCUT2D eigenvalue weighted by Gasteiger charge is -2.14. The van der Waals surface area contributed by atoms with Gasteiger partial charge in [0.05, 0.1) is 18.5 Å². The Hall–Kier alpha value is -1.52. The number of aliphatic hydroxyl groups excluding tert-OH is 1. The third-order valence-corrected chi connectivity index (χ3v) is 2.97. The van der Waals surface area contributed by atoms with Crippen LogP contribution in [0, 0.1) is 0 Å². The van der Waals surface area contributed by atoms with Gasteiger partial charge in [-0.2, -0.15) is 5.10 Å². The zero-order chi connectivity index (χ0) is 12.8. The highest BCUT2D eigenvalue weighted by Gasteiger charge is 2.05. The third-order valence-electron chi connectivity index (χ3n) is 2.62. The van der Waals surface area contributed by atoms with Gasteiger partial charge < -0.3 is 10.4 Å². The second kappa shape index (κ2) is 6.42. The number of aromatic nitrogens is 2. The van der Waals surface area contributed by atoms with Gasteiger partial charge in [0.1, 0.15) is 0 Å². The number of halogens is 1. The van der Waals surface area contributed by atoms with Crippen LogP contribution in [-0.2, 0) is 6.54 Å². The minimum Gasteiger partial charge on any atom is -0.390 e. The molecule has 5 heteroatoms. The van der Waals surface area contributed by atoms with Crippen molar-refractivity contribution in [3.63, 3.8) is 0 Å². The predicted octanol–water partition coefficient (Wildman–Crippen LogP) is 1.94. The Morgan fingerprint density at radius 1 is 1.33 bits per heavy atom. The maximum Gasteiger partial charge on any atom is 0.0847 e. The summed E-state index contributed by atoms with van der Waals surface area (Å²) >= 11 is 5.57. The number of hydrogen-bond acceptors (Lipinski definition) is 3. The molecule has 18 heavy (non-hydrogen) atoms. The number of aliphatic hydroxyl groups is 1. The highest BCUT2D eigenvalue weighted by atomic mass is 35.5. The van der Waals surface area contributed by atoms with Crippen molar-refractivity contribution < 1.29 is 5.11 Å². The Balaban J connectivity index is 2.05. The molecular formula is C13H16ClN3O. The van der Waals surface area contributed by atoms with E-state index in [4.69, 9.17) is 11.6 Å². The third kappa shape index (κ3) is 3.48. The summed E-state index contributed by atoms with van der Waals surface area (Å²) in [6.45, 7) is 1.15. The SMILES string of the molecule is OC(CCl)CNc1ccccc1Cn1cccn1. The molecule has 0 saturated heterocycles. The summed E-state index contributed by atoms with van der Waals surface area (Å²) < 4.78 is 1.86. The summed E-state index contributed by atoms with van der Waals surface area (Å²) in [5.41, 5.74) is 2.13. The standard InChI is InChI=1S/C13H16ClN3O/c14-8-12(18)9-15-13-5-2-1-4-11(13)10-17-7-3-6-16-17/h1-7,12,15,18H,8-10H2. The molecule has 2 aromatic rings. The topological polar surface area (TPSA) is 50.1 Å². The highest BCUT2D eigenvalue weighted by Crippen LogP contribution is 2.16. The molecule has 1 heterocycles. The summed E-state index contributed by atoms with van der Waals surface area (Å²) in [4.78, 5) is 0. The van der Waals surface area contributed by atoms with Crippen molar-refractivity contribution in [3.8, 4) is 0 Å². The van der Waals surface area contributed by atoms with E-state index < -0.39 is 6.10 Å². The van der Waals surface area contributed by atoms with Gasteiger partial charge in [-0.15, -0.1) is 11.6 Å². The Kier molecular flexibility index (Phi) is 4.61. The van der Waals surface area contributed by atoms with Gasteiger partial charge in [0.15, 0.2) is 0 Å². The highest BCUT2D eigenvalue weighted by molar-refractivity contribution is 6.18. The molecule has 2 N–H and O–H groups in total. The second-order valence-corrected chi connectivity index (χ2v) is 4.36. The lowest BCUT2D eigenvalue weighted by molar-refractivity contribution is 0.211. The van der Waals surface area contributed by atoms with Crippen LogP contribution in [0.1, 0.15) is 5.56 Å². The average molecular weight is 266 g/mol. The summed E-state index contributed by atoms with van der Waals surface area (Å²) in [5, 5.41) is 16.8. The fourth-order valence-electron chi connectivity index (χ4n) is 1.68. The van der Waals surface area contributed by atoms with Crippen molar-refractivity contribution in [2.75, 3.05) is 17.7 Å². The van der Waals surface area contributed by atoms with E-state index in [0.29, 0.717) is 13.1 Å². The smallest absolute Gasteiger partial charge is 0.0847 e. The molecule has 1 unspecified atom stereocenters. The van der Waals surface area contributed by atoms with E-state index in [2.05, 4.69) is 10.4 Å². The lowest BCUT2D eigenvalue weighted by Crippen LogP contribution is -2.21. The van der Waals surface area contributed by atoms with Gasteiger partial charge >= 0.3 is 0 Å². The van der Waals surface area contributed by atoms with Crippen molar-refractivity contribution in [1.29, 1.82) is 0 Å². The largest absolute Gasteiger partial charge is 0.390 e. The van der Waals surface area contributed by atoms with Crippen LogP contribution in [0.15, 0.2) is 42.7 Å². The molecule has 0 aliphatic rings. The predicted molar refractivity (Wildman–Crippen MR) is 73.0 cm³/mol.